The number of rotatable bonds is 4. The predicted octanol–water partition coefficient (Wildman–Crippen LogP) is 2.63. The number of aromatic nitrogens is 2. The van der Waals surface area contributed by atoms with Gasteiger partial charge < -0.3 is 10.3 Å². The average molecular weight is 337 g/mol. The quantitative estimate of drug-likeness (QED) is 0.929. The van der Waals surface area contributed by atoms with Gasteiger partial charge in [0.2, 0.25) is 5.89 Å². The molecule has 0 radical (unpaired) electrons. The molecule has 0 aliphatic carbocycles. The van der Waals surface area contributed by atoms with E-state index in [0.717, 1.165) is 17.4 Å². The molecule has 1 fully saturated rings. The van der Waals surface area contributed by atoms with Crippen LogP contribution in [0.25, 0.3) is 0 Å². The summed E-state index contributed by atoms with van der Waals surface area (Å²) >= 11 is 3.54. The summed E-state index contributed by atoms with van der Waals surface area (Å²) in [7, 11) is 0. The van der Waals surface area contributed by atoms with E-state index in [1.54, 1.807) is 0 Å². The van der Waals surface area contributed by atoms with Crippen LogP contribution in [-0.2, 0) is 13.1 Å². The number of hydrogen-bond acceptors (Lipinski definition) is 5. The van der Waals surface area contributed by atoms with E-state index in [1.165, 1.54) is 12.0 Å². The smallest absolute Gasteiger partial charge is 0.240 e. The van der Waals surface area contributed by atoms with Crippen molar-refractivity contribution in [2.24, 2.45) is 5.73 Å². The molecule has 1 aromatic carbocycles. The Balaban J connectivity index is 1.75. The molecule has 0 amide bonds. The first-order valence-electron chi connectivity index (χ1n) is 6.77. The Bertz CT molecular complexity index is 586. The van der Waals surface area contributed by atoms with Gasteiger partial charge in [-0.25, -0.2) is 0 Å². The highest BCUT2D eigenvalue weighted by molar-refractivity contribution is 9.10. The predicted molar refractivity (Wildman–Crippen MR) is 78.7 cm³/mol. The van der Waals surface area contributed by atoms with Crippen LogP contribution in [0.1, 0.15) is 36.2 Å². The maximum Gasteiger partial charge on any atom is 0.240 e. The fraction of sp³-hybridized carbons (Fsp3) is 0.429. The summed E-state index contributed by atoms with van der Waals surface area (Å²) in [4.78, 5) is 6.68. The lowest BCUT2D eigenvalue weighted by molar-refractivity contribution is 0.238. The minimum atomic E-state index is 0.294. The van der Waals surface area contributed by atoms with Crippen molar-refractivity contribution in [3.63, 3.8) is 0 Å². The van der Waals surface area contributed by atoms with Gasteiger partial charge in [0.05, 0.1) is 13.1 Å². The van der Waals surface area contributed by atoms with Gasteiger partial charge in [-0.2, -0.15) is 4.98 Å². The lowest BCUT2D eigenvalue weighted by Gasteiger charge is -2.23. The minimum absolute atomic E-state index is 0.294. The van der Waals surface area contributed by atoms with E-state index in [4.69, 9.17) is 10.3 Å². The van der Waals surface area contributed by atoms with Gasteiger partial charge in [0, 0.05) is 10.5 Å². The van der Waals surface area contributed by atoms with E-state index in [1.807, 2.05) is 0 Å². The van der Waals surface area contributed by atoms with Crippen molar-refractivity contribution in [2.75, 3.05) is 6.54 Å². The van der Waals surface area contributed by atoms with Crippen LogP contribution >= 0.6 is 15.9 Å². The van der Waals surface area contributed by atoms with Crippen molar-refractivity contribution in [3.05, 3.63) is 46.0 Å². The molecule has 0 bridgehead atoms. The highest BCUT2D eigenvalue weighted by Gasteiger charge is 2.27. The van der Waals surface area contributed by atoms with Crippen molar-refractivity contribution in [1.29, 1.82) is 0 Å². The Morgan fingerprint density at radius 1 is 1.45 bits per heavy atom. The topological polar surface area (TPSA) is 68.2 Å². The molecular weight excluding hydrogens is 320 g/mol. The zero-order valence-electron chi connectivity index (χ0n) is 11.1. The molecule has 1 unspecified atom stereocenters. The molecule has 1 aliphatic heterocycles. The molecule has 1 aliphatic rings. The second-order valence-corrected chi connectivity index (χ2v) is 5.91. The third-order valence-electron chi connectivity index (χ3n) is 3.63. The van der Waals surface area contributed by atoms with E-state index < -0.39 is 0 Å². The van der Waals surface area contributed by atoms with Crippen LogP contribution in [0.3, 0.4) is 0 Å². The maximum absolute atomic E-state index is 5.49. The van der Waals surface area contributed by atoms with Gasteiger partial charge in [-0.15, -0.1) is 0 Å². The summed E-state index contributed by atoms with van der Waals surface area (Å²) in [6.45, 7) is 2.06. The molecule has 1 aromatic heterocycles. The van der Waals surface area contributed by atoms with Crippen LogP contribution in [-0.4, -0.2) is 21.6 Å². The zero-order chi connectivity index (χ0) is 13.9. The number of hydrogen-bond donors (Lipinski definition) is 1. The summed E-state index contributed by atoms with van der Waals surface area (Å²) in [6, 6.07) is 8.92. The summed E-state index contributed by atoms with van der Waals surface area (Å²) in [5, 5.41) is 3.98. The SMILES string of the molecule is NCc1nc(CN2CCCC2c2cccc(Br)c2)no1. The second-order valence-electron chi connectivity index (χ2n) is 4.99. The van der Waals surface area contributed by atoms with Gasteiger partial charge in [-0.1, -0.05) is 33.2 Å². The maximum atomic E-state index is 5.49. The van der Waals surface area contributed by atoms with Crippen LogP contribution in [0, 0.1) is 0 Å². The lowest BCUT2D eigenvalue weighted by atomic mass is 10.0. The average Bonchev–Trinajstić information content (AvgIpc) is 3.08. The molecule has 20 heavy (non-hydrogen) atoms. The minimum Gasteiger partial charge on any atom is -0.338 e. The molecule has 3 rings (SSSR count). The molecule has 5 nitrogen and oxygen atoms in total. The van der Waals surface area contributed by atoms with Crippen molar-refractivity contribution in [3.8, 4) is 0 Å². The zero-order valence-corrected chi connectivity index (χ0v) is 12.7. The van der Waals surface area contributed by atoms with Gasteiger partial charge in [0.25, 0.3) is 0 Å². The highest BCUT2D eigenvalue weighted by atomic mass is 79.9. The normalized spacial score (nSPS) is 19.6. The van der Waals surface area contributed by atoms with Crippen molar-refractivity contribution in [2.45, 2.75) is 32.0 Å². The number of nitrogens with zero attached hydrogens (tertiary/aromatic N) is 3. The van der Waals surface area contributed by atoms with Gasteiger partial charge >= 0.3 is 0 Å². The molecule has 2 aromatic rings. The number of benzene rings is 1. The van der Waals surface area contributed by atoms with Crippen LogP contribution in [0.5, 0.6) is 0 Å². The van der Waals surface area contributed by atoms with E-state index >= 15 is 0 Å². The molecule has 2 N–H and O–H groups in total. The first kappa shape index (κ1) is 13.7. The molecule has 1 atom stereocenters. The lowest BCUT2D eigenvalue weighted by Crippen LogP contribution is -2.23. The fourth-order valence-corrected chi connectivity index (χ4v) is 3.14. The van der Waals surface area contributed by atoms with Crippen molar-refractivity contribution in [1.82, 2.24) is 15.0 Å². The largest absolute Gasteiger partial charge is 0.338 e. The Kier molecular flexibility index (Phi) is 4.14. The standard InChI is InChI=1S/C14H17BrN4O/c15-11-4-1-3-10(7-11)12-5-2-6-19(12)9-13-17-14(8-16)20-18-13/h1,3-4,7,12H,2,5-6,8-9,16H2. The van der Waals surface area contributed by atoms with Crippen molar-refractivity contribution >= 4 is 15.9 Å². The van der Waals surface area contributed by atoms with Crippen LogP contribution in [0.4, 0.5) is 0 Å². The molecule has 1 saturated heterocycles. The molecule has 0 spiro atoms. The molecule has 2 heterocycles. The van der Waals surface area contributed by atoms with Gasteiger partial charge in [-0.3, -0.25) is 4.90 Å². The summed E-state index contributed by atoms with van der Waals surface area (Å²) in [5.41, 5.74) is 6.82. The molecule has 6 heteroatoms. The number of likely N-dealkylation sites (tertiary alicyclic amines) is 1. The van der Waals surface area contributed by atoms with E-state index in [0.29, 0.717) is 30.8 Å². The molecule has 0 saturated carbocycles. The Morgan fingerprint density at radius 3 is 3.10 bits per heavy atom. The highest BCUT2D eigenvalue weighted by Crippen LogP contribution is 2.33. The van der Waals surface area contributed by atoms with Gasteiger partial charge in [-0.05, 0) is 37.1 Å². The second kappa shape index (κ2) is 6.03. The van der Waals surface area contributed by atoms with Crippen LogP contribution < -0.4 is 5.73 Å². The Labute approximate surface area is 126 Å². The summed E-state index contributed by atoms with van der Waals surface area (Å²) in [5.74, 6) is 1.21. The van der Waals surface area contributed by atoms with Gasteiger partial charge in [0.1, 0.15) is 0 Å². The van der Waals surface area contributed by atoms with Crippen LogP contribution in [0.15, 0.2) is 33.3 Å². The Hall–Kier alpha value is -1.24. The van der Waals surface area contributed by atoms with Crippen LogP contribution in [0.2, 0.25) is 0 Å². The Morgan fingerprint density at radius 2 is 2.35 bits per heavy atom. The van der Waals surface area contributed by atoms with Gasteiger partial charge in [0.15, 0.2) is 5.82 Å². The van der Waals surface area contributed by atoms with E-state index in [2.05, 4.69) is 55.2 Å². The summed E-state index contributed by atoms with van der Waals surface area (Å²) < 4.78 is 6.18. The molecular formula is C14H17BrN4O. The third kappa shape index (κ3) is 2.92. The first-order chi connectivity index (χ1) is 9.76. The van der Waals surface area contributed by atoms with E-state index in [-0.39, 0.29) is 0 Å². The molecule has 106 valence electrons. The first-order valence-corrected chi connectivity index (χ1v) is 7.56. The third-order valence-corrected chi connectivity index (χ3v) is 4.12. The fourth-order valence-electron chi connectivity index (χ4n) is 2.73. The number of nitrogens with two attached hydrogens (primary N) is 1. The van der Waals surface area contributed by atoms with Crippen molar-refractivity contribution < 1.29 is 4.52 Å². The monoisotopic (exact) mass is 336 g/mol. The van der Waals surface area contributed by atoms with E-state index in [9.17, 15) is 0 Å². The number of halogens is 1. The summed E-state index contributed by atoms with van der Waals surface area (Å²) in [6.07, 6.45) is 2.36.